The lowest BCUT2D eigenvalue weighted by molar-refractivity contribution is -0.127. The predicted molar refractivity (Wildman–Crippen MR) is 96.6 cm³/mol. The highest BCUT2D eigenvalue weighted by Gasteiger charge is 2.34. The van der Waals surface area contributed by atoms with Crippen LogP contribution in [-0.2, 0) is 9.59 Å². The molecule has 0 saturated heterocycles. The average Bonchev–Trinajstić information content (AvgIpc) is 2.93. The second-order valence-electron chi connectivity index (χ2n) is 5.78. The quantitative estimate of drug-likeness (QED) is 0.773. The van der Waals surface area contributed by atoms with Crippen LogP contribution in [0.1, 0.15) is 29.2 Å². The first-order valence-electron chi connectivity index (χ1n) is 7.79. The van der Waals surface area contributed by atoms with Gasteiger partial charge in [-0.05, 0) is 26.0 Å². The van der Waals surface area contributed by atoms with Gasteiger partial charge >= 0.3 is 0 Å². The maximum absolute atomic E-state index is 12.4. The minimum absolute atomic E-state index is 0.119. The largest absolute Gasteiger partial charge is 0.477 e. The molecule has 0 spiro atoms. The fraction of sp³-hybridized carbons (Fsp3) is 0.312. The monoisotopic (exact) mass is 375 g/mol. The van der Waals surface area contributed by atoms with Gasteiger partial charge in [0, 0.05) is 6.92 Å². The van der Waals surface area contributed by atoms with E-state index in [1.54, 1.807) is 26.0 Å². The number of anilines is 3. The Morgan fingerprint density at radius 3 is 2.77 bits per heavy atom. The van der Waals surface area contributed by atoms with Gasteiger partial charge in [-0.2, -0.15) is 0 Å². The number of hydrogen-bond donors (Lipinski definition) is 2. The molecule has 1 aliphatic heterocycles. The van der Waals surface area contributed by atoms with Crippen molar-refractivity contribution in [2.45, 2.75) is 26.9 Å². The summed E-state index contributed by atoms with van der Waals surface area (Å²) in [5, 5.41) is 2.91. The molecule has 10 heteroatoms. The molecule has 2 aromatic heterocycles. The smallest absolute Gasteiger partial charge is 0.269 e. The highest BCUT2D eigenvalue weighted by atomic mass is 32.1. The van der Waals surface area contributed by atoms with E-state index in [1.165, 1.54) is 11.8 Å². The first kappa shape index (κ1) is 17.8. The molecule has 0 fully saturated rings. The highest BCUT2D eigenvalue weighted by Crippen LogP contribution is 2.33. The number of nitrogens with zero attached hydrogens (tertiary/aromatic N) is 3. The summed E-state index contributed by atoms with van der Waals surface area (Å²) in [4.78, 5) is 46.3. The number of carbonyl (C=O) groups excluding carboxylic acids is 3. The number of hydrogen-bond acceptors (Lipinski definition) is 8. The van der Waals surface area contributed by atoms with Crippen LogP contribution in [0.3, 0.4) is 0 Å². The third-order valence-electron chi connectivity index (χ3n) is 3.70. The lowest BCUT2D eigenvalue weighted by Gasteiger charge is -2.31. The summed E-state index contributed by atoms with van der Waals surface area (Å²) >= 11 is 1.09. The van der Waals surface area contributed by atoms with Gasteiger partial charge in [0.15, 0.2) is 28.6 Å². The zero-order chi connectivity index (χ0) is 19.0. The molecule has 0 radical (unpaired) electrons. The summed E-state index contributed by atoms with van der Waals surface area (Å²) in [6.45, 7) is 4.45. The van der Waals surface area contributed by atoms with E-state index in [2.05, 4.69) is 15.3 Å². The van der Waals surface area contributed by atoms with Gasteiger partial charge in [-0.1, -0.05) is 11.3 Å². The van der Waals surface area contributed by atoms with Crippen LogP contribution in [-0.4, -0.2) is 40.2 Å². The molecule has 3 heterocycles. The molecule has 3 rings (SSSR count). The number of rotatable bonds is 4. The van der Waals surface area contributed by atoms with E-state index < -0.39 is 17.9 Å². The molecule has 2 aromatic rings. The van der Waals surface area contributed by atoms with Crippen molar-refractivity contribution < 1.29 is 19.1 Å². The molecule has 1 aliphatic rings. The minimum atomic E-state index is -0.743. The third-order valence-corrected chi connectivity index (χ3v) is 4.87. The van der Waals surface area contributed by atoms with Crippen LogP contribution in [0.4, 0.5) is 16.8 Å². The van der Waals surface area contributed by atoms with Gasteiger partial charge in [0.25, 0.3) is 5.91 Å². The topological polar surface area (TPSA) is 128 Å². The van der Waals surface area contributed by atoms with Crippen molar-refractivity contribution >= 4 is 45.7 Å². The number of nitrogen functional groups attached to an aromatic ring is 1. The predicted octanol–water partition coefficient (Wildman–Crippen LogP) is 1.38. The SMILES string of the molecule is CC(=O)c1sc(NC(=O)CN2C(=O)C(C)Oc3ccc(N)nc32)nc1C. The normalized spacial score (nSPS) is 16.0. The number of carbonyl (C=O) groups is 3. The number of aryl methyl sites for hydroxylation is 1. The number of aromatic nitrogens is 2. The van der Waals surface area contributed by atoms with Crippen LogP contribution in [0, 0.1) is 6.92 Å². The first-order chi connectivity index (χ1) is 12.3. The molecular weight excluding hydrogens is 358 g/mol. The fourth-order valence-electron chi connectivity index (χ4n) is 2.53. The van der Waals surface area contributed by atoms with Crippen molar-refractivity contribution in [1.82, 2.24) is 9.97 Å². The number of ether oxygens (including phenoxy) is 1. The molecule has 0 aromatic carbocycles. The third kappa shape index (κ3) is 3.36. The van der Waals surface area contributed by atoms with Crippen LogP contribution in [0.15, 0.2) is 12.1 Å². The maximum Gasteiger partial charge on any atom is 0.269 e. The van der Waals surface area contributed by atoms with E-state index >= 15 is 0 Å². The standard InChI is InChI=1S/C16H17N5O4S/c1-7-13(8(2)22)26-16(18-7)20-12(23)6-21-14-10(4-5-11(17)19-14)25-9(3)15(21)24/h4-5,9H,6H2,1-3H3,(H2,17,19)(H,18,20,23). The Labute approximate surface area is 153 Å². The van der Waals surface area contributed by atoms with Gasteiger partial charge in [-0.25, -0.2) is 9.97 Å². The number of ketones is 1. The van der Waals surface area contributed by atoms with Gasteiger partial charge in [0.1, 0.15) is 12.4 Å². The Kier molecular flexibility index (Phi) is 4.60. The van der Waals surface area contributed by atoms with E-state index in [0.717, 1.165) is 11.3 Å². The molecule has 2 amide bonds. The Bertz CT molecular complexity index is 910. The summed E-state index contributed by atoms with van der Waals surface area (Å²) in [7, 11) is 0. The summed E-state index contributed by atoms with van der Waals surface area (Å²) in [5.74, 6) is -0.198. The van der Waals surface area contributed by atoms with Crippen LogP contribution in [0.5, 0.6) is 5.75 Å². The molecule has 9 nitrogen and oxygen atoms in total. The lowest BCUT2D eigenvalue weighted by Crippen LogP contribution is -2.48. The van der Waals surface area contributed by atoms with Gasteiger partial charge in [0.05, 0.1) is 10.6 Å². The van der Waals surface area contributed by atoms with Gasteiger partial charge < -0.3 is 15.8 Å². The molecule has 26 heavy (non-hydrogen) atoms. The second kappa shape index (κ2) is 6.71. The Morgan fingerprint density at radius 1 is 1.38 bits per heavy atom. The van der Waals surface area contributed by atoms with Gasteiger partial charge in [-0.3, -0.25) is 19.3 Å². The van der Waals surface area contributed by atoms with E-state index in [-0.39, 0.29) is 24.0 Å². The van der Waals surface area contributed by atoms with Crippen LogP contribution in [0.25, 0.3) is 0 Å². The van der Waals surface area contributed by atoms with Crippen molar-refractivity contribution in [2.75, 3.05) is 22.5 Å². The zero-order valence-electron chi connectivity index (χ0n) is 14.4. The molecule has 136 valence electrons. The van der Waals surface area contributed by atoms with Crippen LogP contribution < -0.4 is 20.7 Å². The Morgan fingerprint density at radius 2 is 2.12 bits per heavy atom. The molecule has 0 bridgehead atoms. The van der Waals surface area contributed by atoms with E-state index in [1.807, 2.05) is 0 Å². The van der Waals surface area contributed by atoms with Crippen LogP contribution in [0.2, 0.25) is 0 Å². The fourth-order valence-corrected chi connectivity index (χ4v) is 3.41. The first-order valence-corrected chi connectivity index (χ1v) is 8.60. The summed E-state index contributed by atoms with van der Waals surface area (Å²) in [6.07, 6.45) is -0.743. The van der Waals surface area contributed by atoms with Crippen molar-refractivity contribution in [1.29, 1.82) is 0 Å². The van der Waals surface area contributed by atoms with Crippen molar-refractivity contribution in [3.63, 3.8) is 0 Å². The number of Topliss-reactive ketones (excluding diaryl/α,β-unsaturated/α-hetero) is 1. The second-order valence-corrected chi connectivity index (χ2v) is 6.78. The summed E-state index contributed by atoms with van der Waals surface area (Å²) < 4.78 is 5.49. The minimum Gasteiger partial charge on any atom is -0.477 e. The maximum atomic E-state index is 12.4. The molecular formula is C16H17N5O4S. The van der Waals surface area contributed by atoms with Crippen LogP contribution >= 0.6 is 11.3 Å². The Balaban J connectivity index is 1.80. The molecule has 1 atom stereocenters. The molecule has 0 aliphatic carbocycles. The zero-order valence-corrected chi connectivity index (χ0v) is 15.2. The number of fused-ring (bicyclic) bond motifs is 1. The molecule has 3 N–H and O–H groups in total. The van der Waals surface area contributed by atoms with Gasteiger partial charge in [0.2, 0.25) is 5.91 Å². The number of pyridine rings is 1. The number of nitrogens with one attached hydrogen (secondary N) is 1. The average molecular weight is 375 g/mol. The number of amides is 2. The summed E-state index contributed by atoms with van der Waals surface area (Å²) in [5.41, 5.74) is 6.23. The number of thiazole rings is 1. The lowest BCUT2D eigenvalue weighted by atomic mass is 10.2. The van der Waals surface area contributed by atoms with E-state index in [4.69, 9.17) is 10.5 Å². The van der Waals surface area contributed by atoms with E-state index in [9.17, 15) is 14.4 Å². The van der Waals surface area contributed by atoms with Crippen molar-refractivity contribution in [3.05, 3.63) is 22.7 Å². The van der Waals surface area contributed by atoms with Crippen molar-refractivity contribution in [2.24, 2.45) is 0 Å². The summed E-state index contributed by atoms with van der Waals surface area (Å²) in [6, 6.07) is 3.16. The van der Waals surface area contributed by atoms with Crippen molar-refractivity contribution in [3.8, 4) is 5.75 Å². The highest BCUT2D eigenvalue weighted by molar-refractivity contribution is 7.17. The number of nitrogens with two attached hydrogens (primary N) is 1. The van der Waals surface area contributed by atoms with E-state index in [0.29, 0.717) is 21.5 Å². The molecule has 1 unspecified atom stereocenters. The molecule has 0 saturated carbocycles. The van der Waals surface area contributed by atoms with Gasteiger partial charge in [-0.15, -0.1) is 0 Å². The Hall–Kier alpha value is -3.01.